The van der Waals surface area contributed by atoms with Crippen LogP contribution in [-0.2, 0) is 0 Å². The van der Waals surface area contributed by atoms with E-state index in [0.29, 0.717) is 5.92 Å². The van der Waals surface area contributed by atoms with Gasteiger partial charge in [-0.1, -0.05) is 44.9 Å². The van der Waals surface area contributed by atoms with Gasteiger partial charge in [0.1, 0.15) is 5.84 Å². The molecule has 3 N–H and O–H groups in total. The second-order valence-corrected chi connectivity index (χ2v) is 4.25. The lowest BCUT2D eigenvalue weighted by molar-refractivity contribution is 0.545. The van der Waals surface area contributed by atoms with E-state index in [1.165, 1.54) is 0 Å². The van der Waals surface area contributed by atoms with E-state index < -0.39 is 0 Å². The predicted molar refractivity (Wildman–Crippen MR) is 74.2 cm³/mol. The van der Waals surface area contributed by atoms with Gasteiger partial charge in [0.25, 0.3) is 0 Å². The molecule has 0 aliphatic heterocycles. The summed E-state index contributed by atoms with van der Waals surface area (Å²) in [4.78, 5) is 4.60. The molecule has 3 heteroatoms. The number of hydrogen-bond donors (Lipinski definition) is 2. The molecule has 94 valence electrons. The van der Waals surface area contributed by atoms with Crippen LogP contribution in [0.5, 0.6) is 0 Å². The van der Waals surface area contributed by atoms with Crippen molar-refractivity contribution in [1.82, 2.24) is 5.43 Å². The zero-order valence-electron chi connectivity index (χ0n) is 10.8. The first-order valence-corrected chi connectivity index (χ1v) is 6.42. The van der Waals surface area contributed by atoms with Crippen molar-refractivity contribution in [2.24, 2.45) is 16.8 Å². The molecule has 0 fully saturated rings. The number of para-hydroxylation sites is 1. The summed E-state index contributed by atoms with van der Waals surface area (Å²) >= 11 is 0. The van der Waals surface area contributed by atoms with E-state index in [0.717, 1.165) is 37.2 Å². The predicted octanol–water partition coefficient (Wildman–Crippen LogP) is 3.40. The Morgan fingerprint density at radius 3 is 2.24 bits per heavy atom. The SMILES string of the molecule is CCCC(CCC)C(=Nc1ccccc1)NN. The average molecular weight is 233 g/mol. The minimum Gasteiger partial charge on any atom is -0.312 e. The first-order valence-electron chi connectivity index (χ1n) is 6.42. The number of nitrogens with two attached hydrogens (primary N) is 1. The molecule has 17 heavy (non-hydrogen) atoms. The topological polar surface area (TPSA) is 50.4 Å². The van der Waals surface area contributed by atoms with Crippen molar-refractivity contribution in [2.45, 2.75) is 39.5 Å². The lowest BCUT2D eigenvalue weighted by Crippen LogP contribution is -2.36. The molecule has 0 bridgehead atoms. The smallest absolute Gasteiger partial charge is 0.119 e. The fraction of sp³-hybridized carbons (Fsp3) is 0.500. The number of aliphatic imine (C=N–C) groups is 1. The van der Waals surface area contributed by atoms with Gasteiger partial charge < -0.3 is 5.43 Å². The fourth-order valence-corrected chi connectivity index (χ4v) is 2.00. The van der Waals surface area contributed by atoms with Gasteiger partial charge in [0.2, 0.25) is 0 Å². The molecule has 0 aromatic heterocycles. The van der Waals surface area contributed by atoms with Crippen LogP contribution in [0.3, 0.4) is 0 Å². The molecule has 1 aromatic rings. The molecule has 0 aliphatic rings. The molecule has 3 nitrogen and oxygen atoms in total. The maximum atomic E-state index is 5.60. The molecule has 0 heterocycles. The van der Waals surface area contributed by atoms with E-state index in [1.54, 1.807) is 0 Å². The van der Waals surface area contributed by atoms with Gasteiger partial charge in [-0.25, -0.2) is 10.8 Å². The highest BCUT2D eigenvalue weighted by molar-refractivity contribution is 5.86. The molecule has 0 aliphatic carbocycles. The molecule has 0 saturated carbocycles. The maximum absolute atomic E-state index is 5.60. The van der Waals surface area contributed by atoms with E-state index in [4.69, 9.17) is 5.84 Å². The Bertz CT molecular complexity index is 327. The van der Waals surface area contributed by atoms with Gasteiger partial charge in [-0.05, 0) is 25.0 Å². The summed E-state index contributed by atoms with van der Waals surface area (Å²) in [7, 11) is 0. The fourth-order valence-electron chi connectivity index (χ4n) is 2.00. The van der Waals surface area contributed by atoms with Gasteiger partial charge in [-0.2, -0.15) is 0 Å². The molecule has 1 aromatic carbocycles. The van der Waals surface area contributed by atoms with E-state index in [9.17, 15) is 0 Å². The number of amidine groups is 1. The van der Waals surface area contributed by atoms with Crippen molar-refractivity contribution in [3.8, 4) is 0 Å². The van der Waals surface area contributed by atoms with Crippen LogP contribution in [0.2, 0.25) is 0 Å². The molecule has 0 saturated heterocycles. The number of benzene rings is 1. The van der Waals surface area contributed by atoms with Crippen molar-refractivity contribution in [3.05, 3.63) is 30.3 Å². The highest BCUT2D eigenvalue weighted by atomic mass is 15.3. The Hall–Kier alpha value is -1.35. The number of nitrogens with zero attached hydrogens (tertiary/aromatic N) is 1. The summed E-state index contributed by atoms with van der Waals surface area (Å²) < 4.78 is 0. The van der Waals surface area contributed by atoms with Crippen LogP contribution in [-0.4, -0.2) is 5.84 Å². The normalized spacial score (nSPS) is 11.9. The Labute approximate surface area is 104 Å². The average Bonchev–Trinajstić information content (AvgIpc) is 2.37. The minimum absolute atomic E-state index is 0.440. The highest BCUT2D eigenvalue weighted by Gasteiger charge is 2.13. The van der Waals surface area contributed by atoms with Crippen molar-refractivity contribution in [3.63, 3.8) is 0 Å². The van der Waals surface area contributed by atoms with Crippen molar-refractivity contribution in [1.29, 1.82) is 0 Å². The first-order chi connectivity index (χ1) is 8.31. The van der Waals surface area contributed by atoms with Gasteiger partial charge in [0, 0.05) is 5.92 Å². The van der Waals surface area contributed by atoms with Crippen LogP contribution in [0.4, 0.5) is 5.69 Å². The molecular formula is C14H23N3. The number of nitrogens with one attached hydrogen (secondary N) is 1. The van der Waals surface area contributed by atoms with Crippen molar-refractivity contribution >= 4 is 11.5 Å². The molecular weight excluding hydrogens is 210 g/mol. The van der Waals surface area contributed by atoms with Crippen LogP contribution >= 0.6 is 0 Å². The van der Waals surface area contributed by atoms with Crippen LogP contribution < -0.4 is 11.3 Å². The quantitative estimate of drug-likeness (QED) is 0.342. The number of rotatable bonds is 6. The van der Waals surface area contributed by atoms with Gasteiger partial charge >= 0.3 is 0 Å². The maximum Gasteiger partial charge on any atom is 0.119 e. The molecule has 0 amide bonds. The molecule has 0 unspecified atom stereocenters. The van der Waals surface area contributed by atoms with Crippen LogP contribution in [0.15, 0.2) is 35.3 Å². The summed E-state index contributed by atoms with van der Waals surface area (Å²) in [5.41, 5.74) is 3.73. The van der Waals surface area contributed by atoms with Gasteiger partial charge in [0.05, 0.1) is 5.69 Å². The third kappa shape index (κ3) is 4.57. The molecule has 0 radical (unpaired) electrons. The third-order valence-corrected chi connectivity index (χ3v) is 2.81. The van der Waals surface area contributed by atoms with Crippen LogP contribution in [0, 0.1) is 5.92 Å². The van der Waals surface area contributed by atoms with E-state index >= 15 is 0 Å². The monoisotopic (exact) mass is 233 g/mol. The van der Waals surface area contributed by atoms with E-state index in [-0.39, 0.29) is 0 Å². The van der Waals surface area contributed by atoms with Gasteiger partial charge in [0.15, 0.2) is 0 Å². The van der Waals surface area contributed by atoms with Crippen LogP contribution in [0.1, 0.15) is 39.5 Å². The Kier molecular flexibility index (Phi) is 6.33. The molecule has 1 rings (SSSR count). The highest BCUT2D eigenvalue weighted by Crippen LogP contribution is 2.18. The molecule has 0 atom stereocenters. The second kappa shape index (κ2) is 7.85. The first kappa shape index (κ1) is 13.7. The lowest BCUT2D eigenvalue weighted by Gasteiger charge is -2.17. The largest absolute Gasteiger partial charge is 0.312 e. The van der Waals surface area contributed by atoms with Crippen molar-refractivity contribution < 1.29 is 0 Å². The third-order valence-electron chi connectivity index (χ3n) is 2.81. The Morgan fingerprint density at radius 2 is 1.76 bits per heavy atom. The van der Waals surface area contributed by atoms with Crippen molar-refractivity contribution in [2.75, 3.05) is 0 Å². The van der Waals surface area contributed by atoms with Gasteiger partial charge in [-0.15, -0.1) is 0 Å². The number of hydrogen-bond acceptors (Lipinski definition) is 2. The lowest BCUT2D eigenvalue weighted by atomic mass is 9.97. The summed E-state index contributed by atoms with van der Waals surface area (Å²) in [6.45, 7) is 4.39. The summed E-state index contributed by atoms with van der Waals surface area (Å²) in [6.07, 6.45) is 4.56. The number of hydrazine groups is 1. The Balaban J connectivity index is 2.83. The van der Waals surface area contributed by atoms with Crippen LogP contribution in [0.25, 0.3) is 0 Å². The van der Waals surface area contributed by atoms with E-state index in [1.807, 2.05) is 30.3 Å². The molecule has 0 spiro atoms. The standard InChI is InChI=1S/C14H23N3/c1-3-8-12(9-4-2)14(17-15)16-13-10-6-5-7-11-13/h5-7,10-12H,3-4,8-9,15H2,1-2H3,(H,16,17). The summed E-state index contributed by atoms with van der Waals surface area (Å²) in [5.74, 6) is 6.94. The van der Waals surface area contributed by atoms with Gasteiger partial charge in [-0.3, -0.25) is 0 Å². The second-order valence-electron chi connectivity index (χ2n) is 4.25. The minimum atomic E-state index is 0.440. The summed E-state index contributed by atoms with van der Waals surface area (Å²) in [6, 6.07) is 9.95. The zero-order valence-corrected chi connectivity index (χ0v) is 10.8. The zero-order chi connectivity index (χ0) is 12.5. The summed E-state index contributed by atoms with van der Waals surface area (Å²) in [5, 5.41) is 0. The Morgan fingerprint density at radius 1 is 1.18 bits per heavy atom. The van der Waals surface area contributed by atoms with E-state index in [2.05, 4.69) is 24.3 Å².